The van der Waals surface area contributed by atoms with Crippen LogP contribution in [0.5, 0.6) is 0 Å². The molecule has 0 saturated heterocycles. The first-order chi connectivity index (χ1) is 8.90. The molecule has 0 saturated carbocycles. The molecule has 19 heavy (non-hydrogen) atoms. The zero-order valence-electron chi connectivity index (χ0n) is 11.6. The number of nitrogens with one attached hydrogen (secondary N) is 1. The first-order valence-corrected chi connectivity index (χ1v) is 6.26. The van der Waals surface area contributed by atoms with Crippen molar-refractivity contribution in [3.8, 4) is 0 Å². The molecule has 3 N–H and O–H groups in total. The summed E-state index contributed by atoms with van der Waals surface area (Å²) in [5.74, 6) is -0.102. The molecule has 2 heterocycles. The van der Waals surface area contributed by atoms with E-state index in [-0.39, 0.29) is 11.8 Å². The average molecular weight is 261 g/mol. The first kappa shape index (κ1) is 13.5. The highest BCUT2D eigenvalue weighted by Gasteiger charge is 2.17. The summed E-state index contributed by atoms with van der Waals surface area (Å²) in [5, 5.41) is 8.01. The van der Waals surface area contributed by atoms with E-state index >= 15 is 0 Å². The number of anilines is 1. The van der Waals surface area contributed by atoms with Gasteiger partial charge in [0, 0.05) is 12.4 Å². The Morgan fingerprint density at radius 2 is 2.16 bits per heavy atom. The molecule has 0 radical (unpaired) electrons. The molecular weight excluding hydrogens is 242 g/mol. The molecule has 0 bridgehead atoms. The molecule has 2 aromatic heterocycles. The second-order valence-electron chi connectivity index (χ2n) is 5.06. The number of aromatic nitrogens is 3. The highest BCUT2D eigenvalue weighted by molar-refractivity contribution is 5.96. The summed E-state index contributed by atoms with van der Waals surface area (Å²) in [6, 6.07) is 1.35. The maximum absolute atomic E-state index is 11.9. The summed E-state index contributed by atoms with van der Waals surface area (Å²) in [4.78, 5) is 16.2. The number of pyridine rings is 1. The Bertz CT molecular complexity index is 617. The van der Waals surface area contributed by atoms with Gasteiger partial charge < -0.3 is 11.1 Å². The lowest BCUT2D eigenvalue weighted by atomic mass is 10.1. The molecule has 102 valence electrons. The van der Waals surface area contributed by atoms with Gasteiger partial charge in [0.1, 0.15) is 0 Å². The van der Waals surface area contributed by atoms with Crippen molar-refractivity contribution in [3.63, 3.8) is 0 Å². The number of nitrogens with two attached hydrogens (primary N) is 1. The molecule has 0 fully saturated rings. The van der Waals surface area contributed by atoms with Crippen LogP contribution in [-0.4, -0.2) is 26.7 Å². The van der Waals surface area contributed by atoms with Crippen molar-refractivity contribution in [2.75, 3.05) is 5.32 Å². The lowest BCUT2D eigenvalue weighted by molar-refractivity contribution is -0.118. The van der Waals surface area contributed by atoms with E-state index in [1.165, 1.54) is 0 Å². The van der Waals surface area contributed by atoms with Gasteiger partial charge in [-0.15, -0.1) is 0 Å². The van der Waals surface area contributed by atoms with Crippen LogP contribution in [0.2, 0.25) is 0 Å². The Hall–Kier alpha value is -1.95. The van der Waals surface area contributed by atoms with E-state index in [0.29, 0.717) is 5.69 Å². The van der Waals surface area contributed by atoms with Gasteiger partial charge in [-0.1, -0.05) is 13.8 Å². The van der Waals surface area contributed by atoms with Crippen LogP contribution < -0.4 is 11.1 Å². The number of amides is 1. The van der Waals surface area contributed by atoms with Crippen LogP contribution in [0.3, 0.4) is 0 Å². The quantitative estimate of drug-likeness (QED) is 0.869. The average Bonchev–Trinajstić information content (AvgIpc) is 2.63. The molecule has 0 aliphatic heterocycles. The van der Waals surface area contributed by atoms with E-state index in [4.69, 9.17) is 5.73 Å². The summed E-state index contributed by atoms with van der Waals surface area (Å²) in [6.07, 6.45) is 1.62. The van der Waals surface area contributed by atoms with E-state index in [1.54, 1.807) is 10.9 Å². The van der Waals surface area contributed by atoms with Crippen molar-refractivity contribution in [2.45, 2.75) is 26.8 Å². The Labute approximate surface area is 112 Å². The van der Waals surface area contributed by atoms with Crippen molar-refractivity contribution in [2.24, 2.45) is 18.7 Å². The smallest absolute Gasteiger partial charge is 0.241 e. The summed E-state index contributed by atoms with van der Waals surface area (Å²) in [7, 11) is 1.84. The lowest BCUT2D eigenvalue weighted by Crippen LogP contribution is -2.39. The first-order valence-electron chi connectivity index (χ1n) is 6.26. The van der Waals surface area contributed by atoms with E-state index in [0.717, 1.165) is 16.7 Å². The second-order valence-corrected chi connectivity index (χ2v) is 5.06. The van der Waals surface area contributed by atoms with E-state index in [1.807, 2.05) is 33.9 Å². The molecular formula is C13H19N5O. The molecule has 0 aliphatic rings. The zero-order valence-corrected chi connectivity index (χ0v) is 11.6. The third-order valence-electron chi connectivity index (χ3n) is 3.15. The van der Waals surface area contributed by atoms with Crippen LogP contribution in [0.15, 0.2) is 12.3 Å². The normalized spacial score (nSPS) is 12.9. The topological polar surface area (TPSA) is 85.8 Å². The van der Waals surface area contributed by atoms with Gasteiger partial charge in [0.15, 0.2) is 5.65 Å². The SMILES string of the molecule is Cc1nn(C)c2ncc(NC(=O)[C@@H](N)C(C)C)cc12. The summed E-state index contributed by atoms with van der Waals surface area (Å²) < 4.78 is 1.72. The van der Waals surface area contributed by atoms with E-state index in [9.17, 15) is 4.79 Å². The van der Waals surface area contributed by atoms with Crippen molar-refractivity contribution < 1.29 is 4.79 Å². The Balaban J connectivity index is 2.27. The molecule has 0 aliphatic carbocycles. The van der Waals surface area contributed by atoms with Gasteiger partial charge in [-0.25, -0.2) is 4.98 Å². The molecule has 0 aromatic carbocycles. The van der Waals surface area contributed by atoms with Crippen LogP contribution in [0.4, 0.5) is 5.69 Å². The number of aryl methyl sites for hydroxylation is 2. The minimum absolute atomic E-state index is 0.0943. The highest BCUT2D eigenvalue weighted by atomic mass is 16.2. The van der Waals surface area contributed by atoms with Crippen LogP contribution >= 0.6 is 0 Å². The van der Waals surface area contributed by atoms with Gasteiger partial charge >= 0.3 is 0 Å². The molecule has 1 amide bonds. The number of nitrogens with zero attached hydrogens (tertiary/aromatic N) is 3. The molecule has 0 unspecified atom stereocenters. The Kier molecular flexibility index (Phi) is 3.53. The van der Waals surface area contributed by atoms with Crippen molar-refractivity contribution >= 4 is 22.6 Å². The van der Waals surface area contributed by atoms with Crippen LogP contribution in [0.1, 0.15) is 19.5 Å². The number of hydrogen-bond donors (Lipinski definition) is 2. The molecule has 2 aromatic rings. The Morgan fingerprint density at radius 3 is 2.79 bits per heavy atom. The fourth-order valence-electron chi connectivity index (χ4n) is 1.90. The van der Waals surface area contributed by atoms with E-state index in [2.05, 4.69) is 15.4 Å². The van der Waals surface area contributed by atoms with Crippen LogP contribution in [0, 0.1) is 12.8 Å². The third kappa shape index (κ3) is 2.58. The van der Waals surface area contributed by atoms with Gasteiger partial charge in [-0.05, 0) is 18.9 Å². The summed E-state index contributed by atoms with van der Waals surface area (Å²) in [6.45, 7) is 5.74. The Morgan fingerprint density at radius 1 is 1.47 bits per heavy atom. The maximum Gasteiger partial charge on any atom is 0.241 e. The molecule has 0 spiro atoms. The number of carbonyl (C=O) groups is 1. The van der Waals surface area contributed by atoms with Gasteiger partial charge in [0.05, 0.1) is 23.6 Å². The standard InChI is InChI=1S/C13H19N5O/c1-7(2)11(14)13(19)16-9-5-10-8(3)17-18(4)12(10)15-6-9/h5-7,11H,14H2,1-4H3,(H,16,19)/t11-/m0/s1. The minimum atomic E-state index is -0.523. The maximum atomic E-state index is 11.9. The molecule has 1 atom stereocenters. The zero-order chi connectivity index (χ0) is 14.2. The highest BCUT2D eigenvalue weighted by Crippen LogP contribution is 2.19. The van der Waals surface area contributed by atoms with Crippen molar-refractivity contribution in [3.05, 3.63) is 18.0 Å². The molecule has 6 nitrogen and oxygen atoms in total. The molecule has 2 rings (SSSR count). The minimum Gasteiger partial charge on any atom is -0.323 e. The predicted octanol–water partition coefficient (Wildman–Crippen LogP) is 1.20. The summed E-state index contributed by atoms with van der Waals surface area (Å²) >= 11 is 0. The fourth-order valence-corrected chi connectivity index (χ4v) is 1.90. The second kappa shape index (κ2) is 4.97. The fraction of sp³-hybridized carbons (Fsp3) is 0.462. The number of hydrogen-bond acceptors (Lipinski definition) is 4. The van der Waals surface area contributed by atoms with Crippen LogP contribution in [0.25, 0.3) is 11.0 Å². The third-order valence-corrected chi connectivity index (χ3v) is 3.15. The van der Waals surface area contributed by atoms with Crippen LogP contribution in [-0.2, 0) is 11.8 Å². The molecule has 6 heteroatoms. The van der Waals surface area contributed by atoms with Crippen molar-refractivity contribution in [1.29, 1.82) is 0 Å². The predicted molar refractivity (Wildman–Crippen MR) is 74.7 cm³/mol. The van der Waals surface area contributed by atoms with Gasteiger partial charge in [-0.3, -0.25) is 9.48 Å². The van der Waals surface area contributed by atoms with Gasteiger partial charge in [0.25, 0.3) is 0 Å². The lowest BCUT2D eigenvalue weighted by Gasteiger charge is -2.15. The summed E-state index contributed by atoms with van der Waals surface area (Å²) in [5.41, 5.74) is 8.13. The largest absolute Gasteiger partial charge is 0.323 e. The van der Waals surface area contributed by atoms with Crippen molar-refractivity contribution in [1.82, 2.24) is 14.8 Å². The number of fused-ring (bicyclic) bond motifs is 1. The monoisotopic (exact) mass is 261 g/mol. The van der Waals surface area contributed by atoms with E-state index < -0.39 is 6.04 Å². The van der Waals surface area contributed by atoms with Gasteiger partial charge in [-0.2, -0.15) is 5.10 Å². The van der Waals surface area contributed by atoms with Gasteiger partial charge in [0.2, 0.25) is 5.91 Å². The number of carbonyl (C=O) groups excluding carboxylic acids is 1. The number of rotatable bonds is 3.